The molecule has 1 aromatic carbocycles. The maximum absolute atomic E-state index is 11.6. The summed E-state index contributed by atoms with van der Waals surface area (Å²) in [6.45, 7) is -0.00787. The van der Waals surface area contributed by atoms with Crippen LogP contribution in [0.3, 0.4) is 0 Å². The number of esters is 1. The summed E-state index contributed by atoms with van der Waals surface area (Å²) < 4.78 is 32.7. The van der Waals surface area contributed by atoms with E-state index in [1.807, 2.05) is 0 Å². The van der Waals surface area contributed by atoms with Crippen molar-refractivity contribution >= 4 is 27.4 Å². The van der Waals surface area contributed by atoms with E-state index >= 15 is 0 Å². The van der Waals surface area contributed by atoms with Crippen molar-refractivity contribution in [3.05, 3.63) is 28.3 Å². The Morgan fingerprint density at radius 1 is 1.33 bits per heavy atom. The van der Waals surface area contributed by atoms with Crippen molar-refractivity contribution in [2.24, 2.45) is 0 Å². The first-order valence-electron chi connectivity index (χ1n) is 4.91. The van der Waals surface area contributed by atoms with Crippen LogP contribution in [0.4, 0.5) is 0 Å². The van der Waals surface area contributed by atoms with Crippen LogP contribution >= 0.6 is 11.6 Å². The molecule has 0 saturated heterocycles. The minimum Gasteiger partial charge on any atom is -0.465 e. The summed E-state index contributed by atoms with van der Waals surface area (Å²) >= 11 is 6.03. The van der Waals surface area contributed by atoms with Crippen LogP contribution in [0, 0.1) is 0 Å². The van der Waals surface area contributed by atoms with Crippen LogP contribution in [0.15, 0.2) is 17.0 Å². The first-order valence-corrected chi connectivity index (χ1v) is 7.18. The Balaban J connectivity index is 3.52. The molecule has 5 nitrogen and oxygen atoms in total. The highest BCUT2D eigenvalue weighted by atomic mass is 35.5. The lowest BCUT2D eigenvalue weighted by atomic mass is 10.1. The summed E-state index contributed by atoms with van der Waals surface area (Å²) in [6.07, 6.45) is 1.07. The van der Waals surface area contributed by atoms with Gasteiger partial charge >= 0.3 is 5.97 Å². The number of carbonyl (C=O) groups excluding carboxylic acids is 1. The Morgan fingerprint density at radius 3 is 2.39 bits per heavy atom. The van der Waals surface area contributed by atoms with Crippen LogP contribution in [0.2, 0.25) is 5.02 Å². The number of hydrogen-bond donors (Lipinski definition) is 0. The second-order valence-electron chi connectivity index (χ2n) is 3.60. The molecule has 0 amide bonds. The van der Waals surface area contributed by atoms with Crippen molar-refractivity contribution in [2.75, 3.05) is 20.5 Å². The molecule has 0 fully saturated rings. The summed E-state index contributed by atoms with van der Waals surface area (Å²) in [5.41, 5.74) is 0.364. The zero-order chi connectivity index (χ0) is 13.9. The molecule has 0 aliphatic heterocycles. The lowest BCUT2D eigenvalue weighted by Crippen LogP contribution is -2.09. The van der Waals surface area contributed by atoms with Crippen molar-refractivity contribution in [1.82, 2.24) is 0 Å². The summed E-state index contributed by atoms with van der Waals surface area (Å²) in [5, 5.41) is 0.0339. The standard InChI is InChI=1S/C11H13ClO5S/c1-16-6-8-9(18(3,14)15)5-4-7(10(8)12)11(13)17-2/h4-5H,6H2,1-3H3. The van der Waals surface area contributed by atoms with Gasteiger partial charge in [-0.1, -0.05) is 11.6 Å². The van der Waals surface area contributed by atoms with Gasteiger partial charge in [0.25, 0.3) is 0 Å². The molecule has 1 rings (SSSR count). The molecule has 0 unspecified atom stereocenters. The summed E-state index contributed by atoms with van der Waals surface area (Å²) in [6, 6.07) is 2.64. The van der Waals surface area contributed by atoms with Gasteiger partial charge in [-0.3, -0.25) is 0 Å². The zero-order valence-corrected chi connectivity index (χ0v) is 11.8. The molecule has 1 aromatic rings. The van der Waals surface area contributed by atoms with E-state index in [1.54, 1.807) is 0 Å². The van der Waals surface area contributed by atoms with Crippen molar-refractivity contribution < 1.29 is 22.7 Å². The molecule has 0 saturated carbocycles. The van der Waals surface area contributed by atoms with E-state index in [0.29, 0.717) is 0 Å². The van der Waals surface area contributed by atoms with Gasteiger partial charge in [-0.2, -0.15) is 0 Å². The molecular formula is C11H13ClO5S. The second kappa shape index (κ2) is 5.69. The van der Waals surface area contributed by atoms with Crippen LogP contribution < -0.4 is 0 Å². The molecule has 0 N–H and O–H groups in total. The fourth-order valence-corrected chi connectivity index (χ4v) is 2.77. The second-order valence-corrected chi connectivity index (χ2v) is 5.96. The quantitative estimate of drug-likeness (QED) is 0.790. The third kappa shape index (κ3) is 3.01. The number of rotatable bonds is 4. The molecule has 0 spiro atoms. The molecule has 0 aliphatic carbocycles. The number of halogens is 1. The van der Waals surface area contributed by atoms with E-state index in [4.69, 9.17) is 16.3 Å². The molecule has 0 heterocycles. The largest absolute Gasteiger partial charge is 0.465 e. The fraction of sp³-hybridized carbons (Fsp3) is 0.364. The number of sulfone groups is 1. The van der Waals surface area contributed by atoms with E-state index in [0.717, 1.165) is 6.26 Å². The Kier molecular flexibility index (Phi) is 4.72. The normalized spacial score (nSPS) is 11.3. The van der Waals surface area contributed by atoms with Crippen LogP contribution in [0.25, 0.3) is 0 Å². The Bertz CT molecular complexity index is 565. The third-order valence-electron chi connectivity index (χ3n) is 2.29. The predicted molar refractivity (Wildman–Crippen MR) is 66.6 cm³/mol. The number of ether oxygens (including phenoxy) is 2. The molecule has 0 aliphatic rings. The minimum absolute atomic E-state index is 0.00787. The lowest BCUT2D eigenvalue weighted by molar-refractivity contribution is 0.0600. The summed E-state index contributed by atoms with van der Waals surface area (Å²) in [7, 11) is -0.813. The number of benzene rings is 1. The Labute approximate surface area is 111 Å². The van der Waals surface area contributed by atoms with Gasteiger partial charge in [-0.05, 0) is 12.1 Å². The van der Waals surface area contributed by atoms with Gasteiger partial charge in [-0.25, -0.2) is 13.2 Å². The third-order valence-corrected chi connectivity index (χ3v) is 3.91. The van der Waals surface area contributed by atoms with Crippen LogP contribution in [-0.2, 0) is 25.9 Å². The van der Waals surface area contributed by atoms with E-state index in [1.165, 1.54) is 26.4 Å². The van der Waals surface area contributed by atoms with Crippen LogP contribution in [0.1, 0.15) is 15.9 Å². The molecule has 0 atom stereocenters. The van der Waals surface area contributed by atoms with E-state index in [9.17, 15) is 13.2 Å². The van der Waals surface area contributed by atoms with Crippen molar-refractivity contribution in [1.29, 1.82) is 0 Å². The monoisotopic (exact) mass is 292 g/mol. The van der Waals surface area contributed by atoms with E-state index in [2.05, 4.69) is 4.74 Å². The van der Waals surface area contributed by atoms with Crippen molar-refractivity contribution in [2.45, 2.75) is 11.5 Å². The Hall–Kier alpha value is -1.11. The minimum atomic E-state index is -3.44. The maximum atomic E-state index is 11.6. The predicted octanol–water partition coefficient (Wildman–Crippen LogP) is 1.68. The average Bonchev–Trinajstić information content (AvgIpc) is 2.29. The molecule has 100 valence electrons. The highest BCUT2D eigenvalue weighted by Crippen LogP contribution is 2.29. The van der Waals surface area contributed by atoms with Gasteiger partial charge in [0.05, 0.1) is 29.2 Å². The van der Waals surface area contributed by atoms with E-state index < -0.39 is 15.8 Å². The van der Waals surface area contributed by atoms with Gasteiger partial charge in [0.2, 0.25) is 0 Å². The molecule has 0 bridgehead atoms. The topological polar surface area (TPSA) is 69.7 Å². The first-order chi connectivity index (χ1) is 8.32. The molecule has 0 radical (unpaired) electrons. The van der Waals surface area contributed by atoms with Gasteiger partial charge in [-0.15, -0.1) is 0 Å². The zero-order valence-electron chi connectivity index (χ0n) is 10.2. The number of hydrogen-bond acceptors (Lipinski definition) is 5. The summed E-state index contributed by atoms with van der Waals surface area (Å²) in [5.74, 6) is -0.627. The van der Waals surface area contributed by atoms with Gasteiger partial charge in [0, 0.05) is 18.9 Å². The van der Waals surface area contributed by atoms with Crippen LogP contribution in [0.5, 0.6) is 0 Å². The van der Waals surface area contributed by atoms with E-state index in [-0.39, 0.29) is 27.7 Å². The number of carbonyl (C=O) groups is 1. The summed E-state index contributed by atoms with van der Waals surface area (Å²) in [4.78, 5) is 11.5. The van der Waals surface area contributed by atoms with Crippen molar-refractivity contribution in [3.8, 4) is 0 Å². The fourth-order valence-electron chi connectivity index (χ4n) is 1.50. The lowest BCUT2D eigenvalue weighted by Gasteiger charge is -2.12. The SMILES string of the molecule is COCc1c(S(C)(=O)=O)ccc(C(=O)OC)c1Cl. The van der Waals surface area contributed by atoms with Crippen LogP contribution in [-0.4, -0.2) is 34.9 Å². The number of methoxy groups -OCH3 is 2. The Morgan fingerprint density at radius 2 is 1.94 bits per heavy atom. The maximum Gasteiger partial charge on any atom is 0.339 e. The molecule has 7 heteroatoms. The highest BCUT2D eigenvalue weighted by molar-refractivity contribution is 7.90. The first kappa shape index (κ1) is 14.9. The van der Waals surface area contributed by atoms with Gasteiger partial charge in [0.1, 0.15) is 0 Å². The van der Waals surface area contributed by atoms with Gasteiger partial charge in [0.15, 0.2) is 9.84 Å². The highest BCUT2D eigenvalue weighted by Gasteiger charge is 2.21. The molecule has 18 heavy (non-hydrogen) atoms. The smallest absolute Gasteiger partial charge is 0.339 e. The molecule has 0 aromatic heterocycles. The molecular weight excluding hydrogens is 280 g/mol. The average molecular weight is 293 g/mol. The van der Waals surface area contributed by atoms with Crippen molar-refractivity contribution in [3.63, 3.8) is 0 Å². The van der Waals surface area contributed by atoms with Gasteiger partial charge < -0.3 is 9.47 Å².